The first-order valence-electron chi connectivity index (χ1n) is 6.32. The maximum absolute atomic E-state index is 11.4. The molecule has 0 saturated carbocycles. The van der Waals surface area contributed by atoms with Gasteiger partial charge in [0, 0.05) is 23.8 Å². The largest absolute Gasteiger partial charge is 0.398 e. The maximum atomic E-state index is 11.4. The van der Waals surface area contributed by atoms with Crippen molar-refractivity contribution in [1.82, 2.24) is 4.90 Å². The second kappa shape index (κ2) is 5.48. The second-order valence-electron chi connectivity index (χ2n) is 5.14. The van der Waals surface area contributed by atoms with Crippen LogP contribution in [0.4, 0.5) is 5.69 Å². The lowest BCUT2D eigenvalue weighted by Gasteiger charge is -2.26. The Morgan fingerprint density at radius 2 is 2.16 bits per heavy atom. The quantitative estimate of drug-likeness (QED) is 0.783. The second-order valence-corrected chi connectivity index (χ2v) is 7.37. The molecule has 2 rings (SSSR count). The topological polar surface area (TPSA) is 83.6 Å². The standard InChI is InChI=1S/C13H20N2O3S/c1-15(10-6-7-19(17,18)9-10)8-13(16)11-4-2-3-5-12(11)14/h2-5,10,13,16H,6-9,14H2,1H3. The van der Waals surface area contributed by atoms with Crippen molar-refractivity contribution in [2.75, 3.05) is 30.8 Å². The minimum absolute atomic E-state index is 0.00964. The van der Waals surface area contributed by atoms with Gasteiger partial charge in [-0.25, -0.2) is 8.42 Å². The highest BCUT2D eigenvalue weighted by Gasteiger charge is 2.31. The Bertz CT molecular complexity index is 545. The number of hydrogen-bond acceptors (Lipinski definition) is 5. The number of nitrogens with zero attached hydrogens (tertiary/aromatic N) is 1. The molecule has 1 aromatic carbocycles. The molecule has 1 fully saturated rings. The summed E-state index contributed by atoms with van der Waals surface area (Å²) in [6, 6.07) is 7.18. The van der Waals surface area contributed by atoms with Gasteiger partial charge in [0.05, 0.1) is 17.6 Å². The van der Waals surface area contributed by atoms with E-state index < -0.39 is 15.9 Å². The van der Waals surface area contributed by atoms with Crippen LogP contribution < -0.4 is 5.73 Å². The molecule has 1 aliphatic rings. The van der Waals surface area contributed by atoms with Gasteiger partial charge in [-0.1, -0.05) is 18.2 Å². The van der Waals surface area contributed by atoms with Crippen molar-refractivity contribution in [3.63, 3.8) is 0 Å². The van der Waals surface area contributed by atoms with Gasteiger partial charge in [0.2, 0.25) is 0 Å². The molecule has 1 aromatic rings. The van der Waals surface area contributed by atoms with E-state index in [-0.39, 0.29) is 17.5 Å². The number of aliphatic hydroxyl groups excluding tert-OH is 1. The van der Waals surface area contributed by atoms with E-state index in [4.69, 9.17) is 5.73 Å². The van der Waals surface area contributed by atoms with Gasteiger partial charge in [-0.2, -0.15) is 0 Å². The third-order valence-electron chi connectivity index (χ3n) is 3.65. The Labute approximate surface area is 113 Å². The highest BCUT2D eigenvalue weighted by atomic mass is 32.2. The van der Waals surface area contributed by atoms with E-state index in [0.717, 1.165) is 0 Å². The van der Waals surface area contributed by atoms with Crippen LogP contribution in [0.25, 0.3) is 0 Å². The fourth-order valence-corrected chi connectivity index (χ4v) is 4.26. The molecule has 1 heterocycles. The summed E-state index contributed by atoms with van der Waals surface area (Å²) in [7, 11) is -1.06. The average molecular weight is 284 g/mol. The van der Waals surface area contributed by atoms with Crippen LogP contribution >= 0.6 is 0 Å². The summed E-state index contributed by atoms with van der Waals surface area (Å²) in [6.45, 7) is 0.383. The first-order valence-corrected chi connectivity index (χ1v) is 8.14. The fraction of sp³-hybridized carbons (Fsp3) is 0.538. The first-order chi connectivity index (χ1) is 8.89. The predicted octanol–water partition coefficient (Wildman–Crippen LogP) is 0.421. The summed E-state index contributed by atoms with van der Waals surface area (Å²) >= 11 is 0. The average Bonchev–Trinajstić information content (AvgIpc) is 2.70. The van der Waals surface area contributed by atoms with Gasteiger partial charge >= 0.3 is 0 Å². The van der Waals surface area contributed by atoms with Crippen molar-refractivity contribution in [1.29, 1.82) is 0 Å². The summed E-state index contributed by atoms with van der Waals surface area (Å²) in [5.74, 6) is 0.423. The van der Waals surface area contributed by atoms with Crippen LogP contribution in [0.2, 0.25) is 0 Å². The minimum atomic E-state index is -2.90. The van der Waals surface area contributed by atoms with Crippen LogP contribution in [0, 0.1) is 0 Å². The van der Waals surface area contributed by atoms with Crippen LogP contribution in [-0.2, 0) is 9.84 Å². The Morgan fingerprint density at radius 1 is 1.47 bits per heavy atom. The van der Waals surface area contributed by atoms with E-state index >= 15 is 0 Å². The number of sulfone groups is 1. The molecule has 5 nitrogen and oxygen atoms in total. The number of para-hydroxylation sites is 1. The first kappa shape index (κ1) is 14.3. The molecule has 3 N–H and O–H groups in total. The van der Waals surface area contributed by atoms with Crippen molar-refractivity contribution in [2.24, 2.45) is 0 Å². The lowest BCUT2D eigenvalue weighted by molar-refractivity contribution is 0.110. The molecule has 0 bridgehead atoms. The number of aliphatic hydroxyl groups is 1. The summed E-state index contributed by atoms with van der Waals surface area (Å²) in [5.41, 5.74) is 7.07. The van der Waals surface area contributed by atoms with Gasteiger partial charge in [-0.15, -0.1) is 0 Å². The molecule has 1 saturated heterocycles. The Kier molecular flexibility index (Phi) is 4.13. The van der Waals surface area contributed by atoms with Crippen molar-refractivity contribution < 1.29 is 13.5 Å². The van der Waals surface area contributed by atoms with E-state index in [1.54, 1.807) is 12.1 Å². The Hall–Kier alpha value is -1.11. The Balaban J connectivity index is 2.00. The molecular weight excluding hydrogens is 264 g/mol. The minimum Gasteiger partial charge on any atom is -0.398 e. The van der Waals surface area contributed by atoms with E-state index in [1.165, 1.54) is 0 Å². The van der Waals surface area contributed by atoms with Gasteiger partial charge in [0.1, 0.15) is 0 Å². The molecule has 1 aliphatic heterocycles. The molecule has 0 spiro atoms. The van der Waals surface area contributed by atoms with Gasteiger partial charge in [-0.3, -0.25) is 4.90 Å². The van der Waals surface area contributed by atoms with Crippen LogP contribution in [0.3, 0.4) is 0 Å². The number of nitrogens with two attached hydrogens (primary N) is 1. The predicted molar refractivity (Wildman–Crippen MR) is 75.5 cm³/mol. The zero-order chi connectivity index (χ0) is 14.0. The normalized spacial score (nSPS) is 23.6. The molecule has 6 heteroatoms. The smallest absolute Gasteiger partial charge is 0.151 e. The SMILES string of the molecule is CN(CC(O)c1ccccc1N)C1CCS(=O)(=O)C1. The molecular formula is C13H20N2O3S. The molecule has 106 valence electrons. The third kappa shape index (κ3) is 3.46. The van der Waals surface area contributed by atoms with Crippen LogP contribution in [-0.4, -0.2) is 49.6 Å². The van der Waals surface area contributed by atoms with Crippen LogP contribution in [0.15, 0.2) is 24.3 Å². The molecule has 0 radical (unpaired) electrons. The highest BCUT2D eigenvalue weighted by molar-refractivity contribution is 7.91. The highest BCUT2D eigenvalue weighted by Crippen LogP contribution is 2.23. The maximum Gasteiger partial charge on any atom is 0.151 e. The van der Waals surface area contributed by atoms with E-state index in [2.05, 4.69) is 0 Å². The molecule has 0 aromatic heterocycles. The number of benzene rings is 1. The molecule has 0 amide bonds. The van der Waals surface area contributed by atoms with Crippen molar-refractivity contribution in [3.8, 4) is 0 Å². The number of nitrogen functional groups attached to an aromatic ring is 1. The molecule has 2 atom stereocenters. The van der Waals surface area contributed by atoms with E-state index in [0.29, 0.717) is 24.2 Å². The zero-order valence-corrected chi connectivity index (χ0v) is 11.8. The van der Waals surface area contributed by atoms with Gasteiger partial charge < -0.3 is 10.8 Å². The summed E-state index contributed by atoms with van der Waals surface area (Å²) in [6.07, 6.45) is -0.0648. The summed E-state index contributed by atoms with van der Waals surface area (Å²) < 4.78 is 22.9. The zero-order valence-electron chi connectivity index (χ0n) is 11.0. The number of likely N-dealkylation sites (N-methyl/N-ethyl adjacent to an activating group) is 1. The van der Waals surface area contributed by atoms with Gasteiger partial charge in [0.25, 0.3) is 0 Å². The van der Waals surface area contributed by atoms with Crippen molar-refractivity contribution >= 4 is 15.5 Å². The fourth-order valence-electron chi connectivity index (χ4n) is 2.46. The summed E-state index contributed by atoms with van der Waals surface area (Å²) in [4.78, 5) is 1.90. The number of anilines is 1. The number of hydrogen-bond donors (Lipinski definition) is 2. The van der Waals surface area contributed by atoms with Crippen molar-refractivity contribution in [3.05, 3.63) is 29.8 Å². The van der Waals surface area contributed by atoms with Crippen LogP contribution in [0.5, 0.6) is 0 Å². The summed E-state index contributed by atoms with van der Waals surface area (Å²) in [5, 5.41) is 10.2. The van der Waals surface area contributed by atoms with Gasteiger partial charge in [-0.05, 0) is 19.5 Å². The van der Waals surface area contributed by atoms with Crippen LogP contribution in [0.1, 0.15) is 18.1 Å². The third-order valence-corrected chi connectivity index (χ3v) is 5.40. The van der Waals surface area contributed by atoms with E-state index in [9.17, 15) is 13.5 Å². The molecule has 19 heavy (non-hydrogen) atoms. The Morgan fingerprint density at radius 3 is 2.74 bits per heavy atom. The van der Waals surface area contributed by atoms with Gasteiger partial charge in [0.15, 0.2) is 9.84 Å². The van der Waals surface area contributed by atoms with Crippen molar-refractivity contribution in [2.45, 2.75) is 18.6 Å². The monoisotopic (exact) mass is 284 g/mol. The lowest BCUT2D eigenvalue weighted by atomic mass is 10.1. The lowest BCUT2D eigenvalue weighted by Crippen LogP contribution is -2.36. The number of rotatable bonds is 4. The molecule has 2 unspecified atom stereocenters. The molecule has 0 aliphatic carbocycles. The van der Waals surface area contributed by atoms with E-state index in [1.807, 2.05) is 24.1 Å².